The average Bonchev–Trinajstić information content (AvgIpc) is 3.29. The minimum atomic E-state index is -0.332. The lowest BCUT2D eigenvalue weighted by molar-refractivity contribution is 0.00578. The Bertz CT molecular complexity index is 1190. The van der Waals surface area contributed by atoms with E-state index in [0.29, 0.717) is 0 Å². The quantitative estimate of drug-likeness (QED) is 0.278. The molecule has 0 bridgehead atoms. The van der Waals surface area contributed by atoms with E-state index in [1.165, 1.54) is 95.7 Å². The summed E-state index contributed by atoms with van der Waals surface area (Å²) in [6.45, 7) is 17.2. The Morgan fingerprint density at radius 1 is 0.476 bits per heavy atom. The number of aryl methyl sites for hydroxylation is 6. The second kappa shape index (κ2) is 11.1. The number of fused-ring (bicyclic) bond motifs is 2. The molecule has 4 aliphatic rings. The molecule has 2 saturated heterocycles. The molecule has 0 saturated carbocycles. The van der Waals surface area contributed by atoms with E-state index in [2.05, 4.69) is 79.7 Å². The standard InChI is InChI=1S/C36H52B2O4/c1-33(2)34(3,4)40-37(39-33)31-23-27-17-11-9-15-25(27)21-29(31)19-13-14-20-30-22-26-16-10-12-18-28(26)24-32(30)38-41-35(5,6)36(7,8)42-38/h21-24H,9-20H2,1-8H3. The van der Waals surface area contributed by atoms with Crippen LogP contribution in [-0.2, 0) is 57.1 Å². The maximum atomic E-state index is 6.57. The second-order valence-corrected chi connectivity index (χ2v) is 15.4. The Hall–Kier alpha value is -1.59. The molecule has 226 valence electrons. The van der Waals surface area contributed by atoms with Crippen LogP contribution < -0.4 is 10.9 Å². The van der Waals surface area contributed by atoms with E-state index >= 15 is 0 Å². The first-order chi connectivity index (χ1) is 19.8. The molecule has 2 heterocycles. The lowest BCUT2D eigenvalue weighted by atomic mass is 9.71. The first-order valence-electron chi connectivity index (χ1n) is 16.8. The summed E-state index contributed by atoms with van der Waals surface area (Å²) in [6, 6.07) is 9.82. The molecule has 4 nitrogen and oxygen atoms in total. The molecule has 0 amide bonds. The summed E-state index contributed by atoms with van der Waals surface area (Å²) in [5.41, 5.74) is 10.1. The van der Waals surface area contributed by atoms with Crippen LogP contribution in [0, 0.1) is 0 Å². The van der Waals surface area contributed by atoms with E-state index in [0.717, 1.165) is 25.7 Å². The molecule has 0 unspecified atom stereocenters. The van der Waals surface area contributed by atoms with Crippen molar-refractivity contribution in [2.45, 2.75) is 155 Å². The molecule has 0 atom stereocenters. The van der Waals surface area contributed by atoms with E-state index in [1.54, 1.807) is 0 Å². The first-order valence-corrected chi connectivity index (χ1v) is 16.8. The largest absolute Gasteiger partial charge is 0.495 e. The Morgan fingerprint density at radius 2 is 0.762 bits per heavy atom. The van der Waals surface area contributed by atoms with Crippen LogP contribution in [0.1, 0.15) is 127 Å². The Morgan fingerprint density at radius 3 is 1.07 bits per heavy atom. The summed E-state index contributed by atoms with van der Waals surface area (Å²) in [7, 11) is -0.597. The Balaban J connectivity index is 1.21. The molecule has 2 aromatic carbocycles. The minimum Gasteiger partial charge on any atom is -0.399 e. The molecule has 0 N–H and O–H groups in total. The molecule has 42 heavy (non-hydrogen) atoms. The third-order valence-corrected chi connectivity index (χ3v) is 11.4. The molecule has 2 aromatic rings. The zero-order chi connectivity index (χ0) is 29.9. The monoisotopic (exact) mass is 570 g/mol. The minimum absolute atomic E-state index is 0.298. The lowest BCUT2D eigenvalue weighted by Crippen LogP contribution is -2.41. The van der Waals surface area contributed by atoms with Crippen LogP contribution in [0.4, 0.5) is 0 Å². The molecular weight excluding hydrogens is 518 g/mol. The van der Waals surface area contributed by atoms with Gasteiger partial charge in [0.25, 0.3) is 0 Å². The third-order valence-electron chi connectivity index (χ3n) is 11.4. The maximum Gasteiger partial charge on any atom is 0.495 e. The van der Waals surface area contributed by atoms with Crippen molar-refractivity contribution < 1.29 is 18.6 Å². The van der Waals surface area contributed by atoms with Gasteiger partial charge in [0.2, 0.25) is 0 Å². The van der Waals surface area contributed by atoms with Gasteiger partial charge < -0.3 is 18.6 Å². The van der Waals surface area contributed by atoms with Crippen molar-refractivity contribution >= 4 is 25.2 Å². The van der Waals surface area contributed by atoms with Crippen molar-refractivity contribution in [3.8, 4) is 0 Å². The van der Waals surface area contributed by atoms with Crippen LogP contribution in [0.15, 0.2) is 24.3 Å². The molecule has 0 radical (unpaired) electrons. The third kappa shape index (κ3) is 5.67. The molecule has 0 aromatic heterocycles. The molecule has 2 fully saturated rings. The smallest absolute Gasteiger partial charge is 0.399 e. The number of hydrogen-bond donors (Lipinski definition) is 0. The van der Waals surface area contributed by atoms with Gasteiger partial charge in [-0.1, -0.05) is 24.3 Å². The average molecular weight is 570 g/mol. The van der Waals surface area contributed by atoms with Gasteiger partial charge in [0, 0.05) is 0 Å². The molecule has 6 heteroatoms. The van der Waals surface area contributed by atoms with Gasteiger partial charge in [-0.05, 0) is 177 Å². The topological polar surface area (TPSA) is 36.9 Å². The van der Waals surface area contributed by atoms with Crippen molar-refractivity contribution in [3.05, 3.63) is 57.6 Å². The summed E-state index contributed by atoms with van der Waals surface area (Å²) in [6.07, 6.45) is 14.2. The highest BCUT2D eigenvalue weighted by molar-refractivity contribution is 6.63. The highest BCUT2D eigenvalue weighted by atomic mass is 16.7. The highest BCUT2D eigenvalue weighted by Gasteiger charge is 2.53. The van der Waals surface area contributed by atoms with Crippen LogP contribution in [0.5, 0.6) is 0 Å². The van der Waals surface area contributed by atoms with E-state index in [4.69, 9.17) is 18.6 Å². The number of unbranched alkanes of at least 4 members (excludes halogenated alkanes) is 1. The van der Waals surface area contributed by atoms with Crippen LogP contribution in [0.25, 0.3) is 0 Å². The SMILES string of the molecule is CC1(C)OB(c2cc3c(cc2CCCCc2cc4c(cc2B2OC(C)(C)C(C)(C)O2)CCCC4)CCCC3)OC1(C)C. The predicted octanol–water partition coefficient (Wildman–Crippen LogP) is 6.61. The predicted molar refractivity (Wildman–Crippen MR) is 174 cm³/mol. The fourth-order valence-electron chi connectivity index (χ4n) is 7.15. The first kappa shape index (κ1) is 30.4. The fourth-order valence-corrected chi connectivity index (χ4v) is 7.15. The fraction of sp³-hybridized carbons (Fsp3) is 0.667. The summed E-state index contributed by atoms with van der Waals surface area (Å²) in [5, 5.41) is 0. The molecule has 2 aliphatic heterocycles. The number of rotatable bonds is 7. The van der Waals surface area contributed by atoms with Crippen LogP contribution in [0.2, 0.25) is 0 Å². The van der Waals surface area contributed by atoms with E-state index < -0.39 is 0 Å². The zero-order valence-electron chi connectivity index (χ0n) is 27.6. The second-order valence-electron chi connectivity index (χ2n) is 15.4. The van der Waals surface area contributed by atoms with Crippen LogP contribution >= 0.6 is 0 Å². The Labute approximate surface area is 255 Å². The van der Waals surface area contributed by atoms with Crippen LogP contribution in [-0.4, -0.2) is 36.6 Å². The van der Waals surface area contributed by atoms with Crippen molar-refractivity contribution in [1.29, 1.82) is 0 Å². The highest BCUT2D eigenvalue weighted by Crippen LogP contribution is 2.38. The van der Waals surface area contributed by atoms with Gasteiger partial charge in [-0.15, -0.1) is 0 Å². The van der Waals surface area contributed by atoms with Gasteiger partial charge >= 0.3 is 14.2 Å². The van der Waals surface area contributed by atoms with Gasteiger partial charge in [0.05, 0.1) is 22.4 Å². The maximum absolute atomic E-state index is 6.57. The van der Waals surface area contributed by atoms with Gasteiger partial charge in [0.15, 0.2) is 0 Å². The van der Waals surface area contributed by atoms with E-state index in [-0.39, 0.29) is 36.6 Å². The van der Waals surface area contributed by atoms with E-state index in [1.807, 2.05) is 0 Å². The lowest BCUT2D eigenvalue weighted by Gasteiger charge is -2.32. The summed E-state index contributed by atoms with van der Waals surface area (Å²) in [5.74, 6) is 0. The van der Waals surface area contributed by atoms with Crippen molar-refractivity contribution in [2.24, 2.45) is 0 Å². The van der Waals surface area contributed by atoms with Gasteiger partial charge in [-0.2, -0.15) is 0 Å². The molecule has 6 rings (SSSR count). The molecular formula is C36H52B2O4. The van der Waals surface area contributed by atoms with Crippen molar-refractivity contribution in [2.75, 3.05) is 0 Å². The van der Waals surface area contributed by atoms with Gasteiger partial charge in [-0.25, -0.2) is 0 Å². The normalized spacial score (nSPS) is 23.6. The Kier molecular flexibility index (Phi) is 8.04. The summed E-state index contributed by atoms with van der Waals surface area (Å²) in [4.78, 5) is 0. The zero-order valence-corrected chi connectivity index (χ0v) is 27.6. The number of benzene rings is 2. The van der Waals surface area contributed by atoms with Gasteiger partial charge in [-0.3, -0.25) is 0 Å². The molecule has 0 spiro atoms. The number of hydrogen-bond acceptors (Lipinski definition) is 4. The summed E-state index contributed by atoms with van der Waals surface area (Å²) >= 11 is 0. The summed E-state index contributed by atoms with van der Waals surface area (Å²) < 4.78 is 26.3. The van der Waals surface area contributed by atoms with Crippen molar-refractivity contribution in [3.63, 3.8) is 0 Å². The van der Waals surface area contributed by atoms with Crippen molar-refractivity contribution in [1.82, 2.24) is 0 Å². The van der Waals surface area contributed by atoms with Crippen LogP contribution in [0.3, 0.4) is 0 Å². The molecule has 2 aliphatic carbocycles. The van der Waals surface area contributed by atoms with Gasteiger partial charge in [0.1, 0.15) is 0 Å². The van der Waals surface area contributed by atoms with E-state index in [9.17, 15) is 0 Å².